The summed E-state index contributed by atoms with van der Waals surface area (Å²) in [6.45, 7) is 0.684. The highest BCUT2D eigenvalue weighted by molar-refractivity contribution is 5.45. The van der Waals surface area contributed by atoms with E-state index in [4.69, 9.17) is 10.7 Å². The van der Waals surface area contributed by atoms with E-state index in [0.717, 1.165) is 0 Å². The smallest absolute Gasteiger partial charge is 0.0776 e. The predicted octanol–water partition coefficient (Wildman–Crippen LogP) is 2.10. The first-order valence-corrected chi connectivity index (χ1v) is 5.79. The standard InChI is InChI=1S/C13H17NO/c14-15-9-13(7-8-13)12-6-2-4-10-3-1-5-11(10)12/h2,4,6H,1,3,5,7-9,14H2. The van der Waals surface area contributed by atoms with E-state index in [0.29, 0.717) is 6.61 Å². The van der Waals surface area contributed by atoms with Crippen LogP contribution in [0.1, 0.15) is 36.0 Å². The maximum absolute atomic E-state index is 5.24. The van der Waals surface area contributed by atoms with E-state index in [1.54, 1.807) is 11.1 Å². The molecule has 2 N–H and O–H groups in total. The van der Waals surface area contributed by atoms with Gasteiger partial charge in [-0.3, -0.25) is 0 Å². The molecule has 80 valence electrons. The van der Waals surface area contributed by atoms with Crippen molar-refractivity contribution in [1.29, 1.82) is 0 Å². The van der Waals surface area contributed by atoms with E-state index < -0.39 is 0 Å². The van der Waals surface area contributed by atoms with Gasteiger partial charge in [0.2, 0.25) is 0 Å². The molecule has 0 saturated heterocycles. The molecule has 0 unspecified atom stereocenters. The maximum Gasteiger partial charge on any atom is 0.0776 e. The van der Waals surface area contributed by atoms with Crippen LogP contribution in [-0.4, -0.2) is 6.61 Å². The summed E-state index contributed by atoms with van der Waals surface area (Å²) in [6, 6.07) is 6.73. The molecular formula is C13H17NO. The first-order valence-electron chi connectivity index (χ1n) is 5.79. The van der Waals surface area contributed by atoms with Crippen molar-refractivity contribution in [1.82, 2.24) is 0 Å². The van der Waals surface area contributed by atoms with Crippen molar-refractivity contribution in [3.63, 3.8) is 0 Å². The van der Waals surface area contributed by atoms with Gasteiger partial charge in [0.1, 0.15) is 0 Å². The zero-order chi connectivity index (χ0) is 10.3. The third kappa shape index (κ3) is 1.40. The number of aryl methyl sites for hydroxylation is 1. The van der Waals surface area contributed by atoms with Gasteiger partial charge in [0.15, 0.2) is 0 Å². The SMILES string of the molecule is NOCC1(c2cccc3c2CCC3)CC1. The number of benzene rings is 1. The highest BCUT2D eigenvalue weighted by Gasteiger charge is 2.46. The van der Waals surface area contributed by atoms with Crippen LogP contribution in [0.2, 0.25) is 0 Å². The molecule has 1 aromatic rings. The number of rotatable bonds is 3. The van der Waals surface area contributed by atoms with Crippen molar-refractivity contribution in [3.05, 3.63) is 34.9 Å². The Morgan fingerprint density at radius 1 is 1.27 bits per heavy atom. The summed E-state index contributed by atoms with van der Waals surface area (Å²) in [5, 5.41) is 0. The number of hydrogen-bond acceptors (Lipinski definition) is 2. The monoisotopic (exact) mass is 203 g/mol. The normalized spacial score (nSPS) is 21.4. The Balaban J connectivity index is 2.02. The molecule has 0 heterocycles. The molecule has 0 radical (unpaired) electrons. The van der Waals surface area contributed by atoms with E-state index in [2.05, 4.69) is 18.2 Å². The maximum atomic E-state index is 5.24. The van der Waals surface area contributed by atoms with Gasteiger partial charge in [-0.05, 0) is 48.8 Å². The predicted molar refractivity (Wildman–Crippen MR) is 59.5 cm³/mol. The molecular weight excluding hydrogens is 186 g/mol. The number of nitrogens with two attached hydrogens (primary N) is 1. The van der Waals surface area contributed by atoms with E-state index in [9.17, 15) is 0 Å². The minimum absolute atomic E-state index is 0.268. The molecule has 15 heavy (non-hydrogen) atoms. The molecule has 0 atom stereocenters. The minimum atomic E-state index is 0.268. The fraction of sp³-hybridized carbons (Fsp3) is 0.538. The van der Waals surface area contributed by atoms with Gasteiger partial charge in [-0.1, -0.05) is 18.2 Å². The van der Waals surface area contributed by atoms with Crippen LogP contribution in [0.4, 0.5) is 0 Å². The van der Waals surface area contributed by atoms with Gasteiger partial charge in [-0.15, -0.1) is 0 Å². The summed E-state index contributed by atoms with van der Waals surface area (Å²) >= 11 is 0. The average molecular weight is 203 g/mol. The highest BCUT2D eigenvalue weighted by atomic mass is 16.6. The second-order valence-electron chi connectivity index (χ2n) is 4.89. The molecule has 2 aliphatic carbocycles. The van der Waals surface area contributed by atoms with Crippen LogP contribution in [0.3, 0.4) is 0 Å². The Morgan fingerprint density at radius 3 is 2.87 bits per heavy atom. The van der Waals surface area contributed by atoms with E-state index in [1.165, 1.54) is 37.7 Å². The van der Waals surface area contributed by atoms with Crippen molar-refractivity contribution >= 4 is 0 Å². The second-order valence-corrected chi connectivity index (χ2v) is 4.89. The Bertz CT molecular complexity index is 382. The number of fused-ring (bicyclic) bond motifs is 1. The fourth-order valence-corrected chi connectivity index (χ4v) is 2.92. The van der Waals surface area contributed by atoms with Crippen molar-refractivity contribution in [2.75, 3.05) is 6.61 Å². The quantitative estimate of drug-likeness (QED) is 0.763. The number of hydrogen-bond donors (Lipinski definition) is 1. The minimum Gasteiger partial charge on any atom is -0.304 e. The van der Waals surface area contributed by atoms with Gasteiger partial charge < -0.3 is 4.84 Å². The third-order valence-electron chi connectivity index (χ3n) is 3.93. The summed E-state index contributed by atoms with van der Waals surface area (Å²) in [6.07, 6.45) is 6.29. The largest absolute Gasteiger partial charge is 0.304 e. The van der Waals surface area contributed by atoms with Gasteiger partial charge in [0, 0.05) is 5.41 Å². The van der Waals surface area contributed by atoms with Crippen LogP contribution in [0.25, 0.3) is 0 Å². The summed E-state index contributed by atoms with van der Waals surface area (Å²) in [5.74, 6) is 5.24. The van der Waals surface area contributed by atoms with Gasteiger partial charge >= 0.3 is 0 Å². The lowest BCUT2D eigenvalue weighted by molar-refractivity contribution is 0.116. The van der Waals surface area contributed by atoms with Crippen LogP contribution in [0.15, 0.2) is 18.2 Å². The molecule has 0 bridgehead atoms. The Hall–Kier alpha value is -0.860. The zero-order valence-corrected chi connectivity index (χ0v) is 8.96. The van der Waals surface area contributed by atoms with Gasteiger partial charge in [0.05, 0.1) is 6.61 Å². The van der Waals surface area contributed by atoms with E-state index in [1.807, 2.05) is 0 Å². The lowest BCUT2D eigenvalue weighted by atomic mass is 9.90. The summed E-state index contributed by atoms with van der Waals surface area (Å²) in [7, 11) is 0. The lowest BCUT2D eigenvalue weighted by Crippen LogP contribution is -2.19. The van der Waals surface area contributed by atoms with E-state index >= 15 is 0 Å². The summed E-state index contributed by atoms with van der Waals surface area (Å²) < 4.78 is 0. The van der Waals surface area contributed by atoms with Crippen LogP contribution >= 0.6 is 0 Å². The molecule has 3 rings (SSSR count). The van der Waals surface area contributed by atoms with Gasteiger partial charge in [-0.2, -0.15) is 0 Å². The van der Waals surface area contributed by atoms with Crippen molar-refractivity contribution in [2.24, 2.45) is 5.90 Å². The molecule has 1 aromatic carbocycles. The summed E-state index contributed by atoms with van der Waals surface area (Å²) in [5.41, 5.74) is 4.93. The van der Waals surface area contributed by atoms with Crippen molar-refractivity contribution in [3.8, 4) is 0 Å². The zero-order valence-electron chi connectivity index (χ0n) is 8.96. The Morgan fingerprint density at radius 2 is 2.13 bits per heavy atom. The molecule has 1 saturated carbocycles. The van der Waals surface area contributed by atoms with Crippen LogP contribution < -0.4 is 5.90 Å². The third-order valence-corrected chi connectivity index (χ3v) is 3.93. The molecule has 0 aliphatic heterocycles. The molecule has 0 spiro atoms. The molecule has 0 amide bonds. The Kier molecular flexibility index (Phi) is 2.08. The lowest BCUT2D eigenvalue weighted by Gasteiger charge is -2.18. The van der Waals surface area contributed by atoms with Crippen molar-refractivity contribution in [2.45, 2.75) is 37.5 Å². The van der Waals surface area contributed by atoms with Crippen LogP contribution in [-0.2, 0) is 23.1 Å². The topological polar surface area (TPSA) is 35.2 Å². The van der Waals surface area contributed by atoms with Gasteiger partial charge in [-0.25, -0.2) is 5.90 Å². The van der Waals surface area contributed by atoms with E-state index in [-0.39, 0.29) is 5.41 Å². The molecule has 0 aromatic heterocycles. The highest BCUT2D eigenvalue weighted by Crippen LogP contribution is 2.50. The molecule has 2 aliphatic rings. The fourth-order valence-electron chi connectivity index (χ4n) is 2.92. The first-order chi connectivity index (χ1) is 7.36. The molecule has 2 nitrogen and oxygen atoms in total. The molecule has 1 fully saturated rings. The van der Waals surface area contributed by atoms with Gasteiger partial charge in [0.25, 0.3) is 0 Å². The second kappa shape index (κ2) is 3.32. The van der Waals surface area contributed by atoms with Crippen molar-refractivity contribution < 1.29 is 4.84 Å². The molecule has 2 heteroatoms. The first kappa shape index (κ1) is 9.37. The van der Waals surface area contributed by atoms with Crippen LogP contribution in [0.5, 0.6) is 0 Å². The average Bonchev–Trinajstić information content (AvgIpc) is 2.88. The summed E-state index contributed by atoms with van der Waals surface area (Å²) in [4.78, 5) is 4.88. The van der Waals surface area contributed by atoms with Crippen LogP contribution in [0, 0.1) is 0 Å². The Labute approximate surface area is 90.4 Å².